The third-order valence-electron chi connectivity index (χ3n) is 7.09. The third-order valence-corrected chi connectivity index (χ3v) is 7.09. The van der Waals surface area contributed by atoms with E-state index in [2.05, 4.69) is 6.58 Å². The number of fused-ring (bicyclic) bond motifs is 2. The van der Waals surface area contributed by atoms with E-state index in [9.17, 15) is 24.6 Å². The van der Waals surface area contributed by atoms with Gasteiger partial charge in [-0.1, -0.05) is 34.3 Å². The molecule has 3 aliphatic rings. The predicted molar refractivity (Wildman–Crippen MR) is 105 cm³/mol. The number of rotatable bonds is 4. The predicted octanol–water partition coefficient (Wildman–Crippen LogP) is 1.37. The van der Waals surface area contributed by atoms with Gasteiger partial charge in [0.15, 0.2) is 0 Å². The average Bonchev–Trinajstić information content (AvgIpc) is 3.02. The molecule has 168 valence electrons. The van der Waals surface area contributed by atoms with Gasteiger partial charge in [0.05, 0.1) is 18.1 Å². The number of aliphatic hydroxyl groups is 2. The minimum Gasteiger partial charge on any atom is -0.462 e. The van der Waals surface area contributed by atoms with Gasteiger partial charge in [0.25, 0.3) is 0 Å². The Morgan fingerprint density at radius 3 is 2.50 bits per heavy atom. The first-order valence-corrected chi connectivity index (χ1v) is 10.5. The van der Waals surface area contributed by atoms with Crippen molar-refractivity contribution in [3.05, 3.63) is 12.2 Å². The summed E-state index contributed by atoms with van der Waals surface area (Å²) in [7, 11) is 0. The van der Waals surface area contributed by atoms with Crippen molar-refractivity contribution in [1.29, 1.82) is 0 Å². The molecule has 0 radical (unpaired) electrons. The quantitative estimate of drug-likeness (QED) is 0.395. The monoisotopic (exact) mass is 424 g/mol. The van der Waals surface area contributed by atoms with Crippen molar-refractivity contribution in [2.75, 3.05) is 0 Å². The van der Waals surface area contributed by atoms with Crippen molar-refractivity contribution in [3.63, 3.8) is 0 Å². The molecule has 0 aromatic rings. The van der Waals surface area contributed by atoms with Gasteiger partial charge in [-0.25, -0.2) is 4.79 Å². The van der Waals surface area contributed by atoms with Gasteiger partial charge in [-0.3, -0.25) is 9.59 Å². The summed E-state index contributed by atoms with van der Waals surface area (Å²) < 4.78 is 16.8. The van der Waals surface area contributed by atoms with Gasteiger partial charge in [-0.2, -0.15) is 0 Å². The molecule has 0 aromatic heterocycles. The first-order valence-electron chi connectivity index (χ1n) is 10.5. The minimum absolute atomic E-state index is 0.104. The second-order valence-corrected chi connectivity index (χ2v) is 9.57. The van der Waals surface area contributed by atoms with Crippen LogP contribution in [0, 0.1) is 29.1 Å². The van der Waals surface area contributed by atoms with Gasteiger partial charge in [-0.05, 0) is 11.8 Å². The number of carbonyl (C=O) groups is 3. The fourth-order valence-electron chi connectivity index (χ4n) is 5.72. The third kappa shape index (κ3) is 3.54. The van der Waals surface area contributed by atoms with Gasteiger partial charge in [0, 0.05) is 36.7 Å². The molecule has 8 heteroatoms. The molecule has 2 N–H and O–H groups in total. The summed E-state index contributed by atoms with van der Waals surface area (Å²) in [4.78, 5) is 36.6. The van der Waals surface area contributed by atoms with Gasteiger partial charge in [0.2, 0.25) is 0 Å². The Labute approximate surface area is 176 Å². The second kappa shape index (κ2) is 7.96. The van der Waals surface area contributed by atoms with Crippen LogP contribution in [-0.2, 0) is 28.6 Å². The lowest BCUT2D eigenvalue weighted by Crippen LogP contribution is -2.51. The lowest BCUT2D eigenvalue weighted by molar-refractivity contribution is -0.171. The summed E-state index contributed by atoms with van der Waals surface area (Å²) in [6.07, 6.45) is -4.28. The Bertz CT molecular complexity index is 745. The molecule has 8 nitrogen and oxygen atoms in total. The number of esters is 3. The van der Waals surface area contributed by atoms with Crippen molar-refractivity contribution < 1.29 is 38.8 Å². The zero-order valence-electron chi connectivity index (χ0n) is 18.2. The number of carbonyl (C=O) groups excluding carboxylic acids is 3. The van der Waals surface area contributed by atoms with Crippen molar-refractivity contribution in [1.82, 2.24) is 0 Å². The topological polar surface area (TPSA) is 119 Å². The summed E-state index contributed by atoms with van der Waals surface area (Å²) in [5, 5.41) is 22.2. The summed E-state index contributed by atoms with van der Waals surface area (Å²) in [6, 6.07) is 0. The van der Waals surface area contributed by atoms with Crippen LogP contribution in [0.4, 0.5) is 0 Å². The molecular formula is C22H32O8. The Balaban J connectivity index is 2.06. The summed E-state index contributed by atoms with van der Waals surface area (Å²) in [6.45, 7) is 12.4. The van der Waals surface area contributed by atoms with Crippen LogP contribution >= 0.6 is 0 Å². The fourth-order valence-corrected chi connectivity index (χ4v) is 5.72. The highest BCUT2D eigenvalue weighted by Crippen LogP contribution is 2.58. The Morgan fingerprint density at radius 1 is 1.30 bits per heavy atom. The fraction of sp³-hybridized carbons (Fsp3) is 0.773. The number of ether oxygens (including phenoxy) is 3. The van der Waals surface area contributed by atoms with Crippen LogP contribution in [0.2, 0.25) is 0 Å². The summed E-state index contributed by atoms with van der Waals surface area (Å²) >= 11 is 0. The molecule has 3 rings (SSSR count). The van der Waals surface area contributed by atoms with Gasteiger partial charge >= 0.3 is 17.9 Å². The highest BCUT2D eigenvalue weighted by Gasteiger charge is 2.68. The number of hydrogen-bond acceptors (Lipinski definition) is 8. The van der Waals surface area contributed by atoms with Crippen LogP contribution in [0.3, 0.4) is 0 Å². The van der Waals surface area contributed by atoms with Crippen molar-refractivity contribution in [3.8, 4) is 0 Å². The molecule has 1 aliphatic heterocycles. The van der Waals surface area contributed by atoms with Crippen LogP contribution in [0.1, 0.15) is 47.5 Å². The van der Waals surface area contributed by atoms with Crippen LogP contribution < -0.4 is 0 Å². The number of hydrogen-bond donors (Lipinski definition) is 2. The van der Waals surface area contributed by atoms with Crippen LogP contribution in [-0.4, -0.2) is 58.6 Å². The van der Waals surface area contributed by atoms with E-state index in [-0.39, 0.29) is 30.3 Å². The van der Waals surface area contributed by atoms with Gasteiger partial charge in [0.1, 0.15) is 18.3 Å². The molecule has 9 unspecified atom stereocenters. The SMILES string of the molecule is C=C1C(=O)OC2C(O)C(C)C3C(OC(=O)CC(C)C)CC(O)C3(C)C(OC(C)=O)C12. The lowest BCUT2D eigenvalue weighted by Gasteiger charge is -2.43. The molecule has 1 saturated heterocycles. The van der Waals surface area contributed by atoms with E-state index < -0.39 is 65.6 Å². The van der Waals surface area contributed by atoms with E-state index in [4.69, 9.17) is 14.2 Å². The molecule has 3 fully saturated rings. The zero-order chi connectivity index (χ0) is 22.5. The van der Waals surface area contributed by atoms with E-state index in [1.54, 1.807) is 13.8 Å². The molecule has 0 spiro atoms. The summed E-state index contributed by atoms with van der Waals surface area (Å²) in [5.41, 5.74) is -0.975. The molecule has 2 aliphatic carbocycles. The van der Waals surface area contributed by atoms with Crippen LogP contribution in [0.5, 0.6) is 0 Å². The molecule has 2 saturated carbocycles. The molecule has 0 amide bonds. The molecule has 9 atom stereocenters. The van der Waals surface area contributed by atoms with Gasteiger partial charge < -0.3 is 24.4 Å². The first-order chi connectivity index (χ1) is 13.9. The Hall–Kier alpha value is -1.93. The van der Waals surface area contributed by atoms with E-state index in [1.807, 2.05) is 13.8 Å². The normalized spacial score (nSPS) is 42.9. The van der Waals surface area contributed by atoms with E-state index in [1.165, 1.54) is 6.92 Å². The van der Waals surface area contributed by atoms with Gasteiger partial charge in [-0.15, -0.1) is 0 Å². The van der Waals surface area contributed by atoms with Crippen molar-refractivity contribution in [2.24, 2.45) is 29.1 Å². The molecule has 1 heterocycles. The van der Waals surface area contributed by atoms with Crippen molar-refractivity contribution in [2.45, 2.75) is 78.0 Å². The molecular weight excluding hydrogens is 392 g/mol. The maximum Gasteiger partial charge on any atom is 0.334 e. The van der Waals surface area contributed by atoms with Crippen LogP contribution in [0.25, 0.3) is 0 Å². The molecule has 30 heavy (non-hydrogen) atoms. The lowest BCUT2D eigenvalue weighted by atomic mass is 9.66. The van der Waals surface area contributed by atoms with E-state index >= 15 is 0 Å². The smallest absolute Gasteiger partial charge is 0.334 e. The Morgan fingerprint density at radius 2 is 1.93 bits per heavy atom. The van der Waals surface area contributed by atoms with Crippen molar-refractivity contribution >= 4 is 17.9 Å². The number of aliphatic hydroxyl groups excluding tert-OH is 2. The maximum absolute atomic E-state index is 12.4. The minimum atomic E-state index is -1.10. The van der Waals surface area contributed by atoms with Crippen LogP contribution in [0.15, 0.2) is 12.2 Å². The zero-order valence-corrected chi connectivity index (χ0v) is 18.2. The highest BCUT2D eigenvalue weighted by molar-refractivity contribution is 5.91. The maximum atomic E-state index is 12.4. The summed E-state index contributed by atoms with van der Waals surface area (Å²) in [5.74, 6) is -3.31. The van der Waals surface area contributed by atoms with E-state index in [0.717, 1.165) is 0 Å². The first kappa shape index (κ1) is 22.7. The molecule has 0 bridgehead atoms. The Kier molecular flexibility index (Phi) is 6.04. The molecule has 0 aromatic carbocycles. The highest BCUT2D eigenvalue weighted by atomic mass is 16.6. The van der Waals surface area contributed by atoms with E-state index in [0.29, 0.717) is 0 Å². The standard InChI is InChI=1S/C22H32O8/c1-9(2)7-15(25)29-13-8-14(24)22(6)17(13)11(4)18(26)19-16(10(3)21(27)30-19)20(22)28-12(5)23/h9,11,13-14,16-20,24,26H,3,7-8H2,1-2,4-6H3. The second-order valence-electron chi connectivity index (χ2n) is 9.57. The largest absolute Gasteiger partial charge is 0.462 e. The average molecular weight is 424 g/mol.